The summed E-state index contributed by atoms with van der Waals surface area (Å²) >= 11 is 0. The average Bonchev–Trinajstić information content (AvgIpc) is 2.21. The molecule has 0 aromatic carbocycles. The molecule has 1 unspecified atom stereocenters. The predicted molar refractivity (Wildman–Crippen MR) is 78.6 cm³/mol. The first-order valence-corrected chi connectivity index (χ1v) is 6.49. The molecule has 5 N–H and O–H groups in total. The monoisotopic (exact) mass is 255 g/mol. The van der Waals surface area contributed by atoms with Gasteiger partial charge in [-0.1, -0.05) is 27.2 Å². The van der Waals surface area contributed by atoms with Crippen molar-refractivity contribution in [3.05, 3.63) is 11.8 Å². The predicted octanol–water partition coefficient (Wildman–Crippen LogP) is 1.77. The Morgan fingerprint density at radius 2 is 2.06 bits per heavy atom. The van der Waals surface area contributed by atoms with Gasteiger partial charge in [0.1, 0.15) is 5.66 Å². The van der Waals surface area contributed by atoms with E-state index in [-0.39, 0.29) is 0 Å². The Kier molecular flexibility index (Phi) is 7.32. The molecular weight excluding hydrogens is 226 g/mol. The van der Waals surface area contributed by atoms with E-state index in [4.69, 9.17) is 11.6 Å². The topological polar surface area (TPSA) is 79.7 Å². The van der Waals surface area contributed by atoms with E-state index in [1.54, 1.807) is 7.05 Å². The third kappa shape index (κ3) is 6.26. The molecule has 0 aliphatic heterocycles. The molecule has 5 heteroatoms. The van der Waals surface area contributed by atoms with Crippen LogP contribution in [-0.4, -0.2) is 23.5 Å². The lowest BCUT2D eigenvalue weighted by atomic mass is 10.00. The Morgan fingerprint density at radius 3 is 2.44 bits per heavy atom. The molecule has 0 saturated carbocycles. The summed E-state index contributed by atoms with van der Waals surface area (Å²) in [7, 11) is 1.70. The van der Waals surface area contributed by atoms with Crippen molar-refractivity contribution in [3.63, 3.8) is 0 Å². The zero-order chi connectivity index (χ0) is 14.3. The minimum atomic E-state index is -0.742. The lowest BCUT2D eigenvalue weighted by Gasteiger charge is -2.29. The van der Waals surface area contributed by atoms with Crippen molar-refractivity contribution < 1.29 is 0 Å². The molecule has 1 atom stereocenters. The first kappa shape index (κ1) is 17.2. The third-order valence-corrected chi connectivity index (χ3v) is 2.86. The number of hydrazine groups is 2. The number of nitrogens with one attached hydrogen (secondary N) is 1. The standard InChI is InChI=1S/C13H29N5/c1-7-8-12(10(2)3)9-16-11(4)13(5,14)17-18(6)15/h9-10,17H,7-8,14-15H2,1-6H3. The number of allylic oxidation sites excluding steroid dienone is 1. The first-order valence-electron chi connectivity index (χ1n) is 6.49. The van der Waals surface area contributed by atoms with Crippen molar-refractivity contribution in [3.8, 4) is 0 Å². The molecule has 106 valence electrons. The minimum absolute atomic E-state index is 0.510. The Morgan fingerprint density at radius 1 is 1.50 bits per heavy atom. The molecule has 5 nitrogen and oxygen atoms in total. The van der Waals surface area contributed by atoms with E-state index in [0.717, 1.165) is 18.6 Å². The number of hydrogen-bond donors (Lipinski definition) is 3. The van der Waals surface area contributed by atoms with Gasteiger partial charge in [-0.25, -0.2) is 5.43 Å². The fraction of sp³-hybridized carbons (Fsp3) is 0.769. The van der Waals surface area contributed by atoms with Gasteiger partial charge in [0.05, 0.1) is 5.71 Å². The maximum absolute atomic E-state index is 6.10. The number of aliphatic imine (C=N–C) groups is 1. The molecule has 0 bridgehead atoms. The maximum atomic E-state index is 6.10. The van der Waals surface area contributed by atoms with Crippen molar-refractivity contribution in [2.45, 2.75) is 53.1 Å². The Balaban J connectivity index is 4.89. The number of nitrogens with two attached hydrogens (primary N) is 2. The molecule has 0 fully saturated rings. The van der Waals surface area contributed by atoms with Crippen LogP contribution < -0.4 is 17.0 Å². The summed E-state index contributed by atoms with van der Waals surface area (Å²) in [5.41, 5.74) is 10.4. The van der Waals surface area contributed by atoms with Crippen molar-refractivity contribution in [2.75, 3.05) is 7.05 Å². The number of hydrogen-bond acceptors (Lipinski definition) is 5. The van der Waals surface area contributed by atoms with Crippen LogP contribution in [0.1, 0.15) is 47.5 Å². The second-order valence-electron chi connectivity index (χ2n) is 5.25. The van der Waals surface area contributed by atoms with Crippen molar-refractivity contribution in [1.82, 2.24) is 10.5 Å². The van der Waals surface area contributed by atoms with Crippen LogP contribution in [0.3, 0.4) is 0 Å². The van der Waals surface area contributed by atoms with Crippen LogP contribution in [0.5, 0.6) is 0 Å². The quantitative estimate of drug-likeness (QED) is 0.280. The summed E-state index contributed by atoms with van der Waals surface area (Å²) in [6, 6.07) is 0. The second kappa shape index (κ2) is 7.63. The number of nitrogens with zero attached hydrogens (tertiary/aromatic N) is 2. The molecule has 0 aliphatic rings. The highest BCUT2D eigenvalue weighted by atomic mass is 15.7. The van der Waals surface area contributed by atoms with Gasteiger partial charge in [0.2, 0.25) is 0 Å². The van der Waals surface area contributed by atoms with Crippen LogP contribution in [0.25, 0.3) is 0 Å². The Hall–Kier alpha value is -0.750. The summed E-state index contributed by atoms with van der Waals surface area (Å²) in [4.78, 5) is 4.47. The Labute approximate surface area is 111 Å². The van der Waals surface area contributed by atoms with Crippen LogP contribution in [0.2, 0.25) is 0 Å². The van der Waals surface area contributed by atoms with Crippen LogP contribution >= 0.6 is 0 Å². The summed E-state index contributed by atoms with van der Waals surface area (Å²) in [5, 5.41) is 1.35. The van der Waals surface area contributed by atoms with Crippen LogP contribution in [0.4, 0.5) is 0 Å². The third-order valence-electron chi connectivity index (χ3n) is 2.86. The van der Waals surface area contributed by atoms with Crippen molar-refractivity contribution in [1.29, 1.82) is 0 Å². The summed E-state index contributed by atoms with van der Waals surface area (Å²) in [6.07, 6.45) is 4.13. The molecule has 0 aliphatic carbocycles. The summed E-state index contributed by atoms with van der Waals surface area (Å²) in [6.45, 7) is 10.3. The summed E-state index contributed by atoms with van der Waals surface area (Å²) in [5.74, 6) is 6.05. The van der Waals surface area contributed by atoms with Gasteiger partial charge in [-0.05, 0) is 31.8 Å². The summed E-state index contributed by atoms with van der Waals surface area (Å²) < 4.78 is 0. The fourth-order valence-corrected chi connectivity index (χ4v) is 1.55. The SMILES string of the molecule is CCCC(=CN=C(C)C(C)(N)NN(C)N)C(C)C. The fourth-order valence-electron chi connectivity index (χ4n) is 1.55. The number of rotatable bonds is 7. The van der Waals surface area contributed by atoms with Crippen molar-refractivity contribution in [2.24, 2.45) is 22.5 Å². The van der Waals surface area contributed by atoms with Gasteiger partial charge in [0.25, 0.3) is 0 Å². The second-order valence-corrected chi connectivity index (χ2v) is 5.25. The molecule has 0 amide bonds. The molecule has 0 aromatic heterocycles. The van der Waals surface area contributed by atoms with E-state index < -0.39 is 5.66 Å². The lowest BCUT2D eigenvalue weighted by Crippen LogP contribution is -2.63. The highest BCUT2D eigenvalue weighted by molar-refractivity contribution is 5.90. The minimum Gasteiger partial charge on any atom is -0.308 e. The largest absolute Gasteiger partial charge is 0.308 e. The smallest absolute Gasteiger partial charge is 0.117 e. The van der Waals surface area contributed by atoms with Gasteiger partial charge in [0.15, 0.2) is 0 Å². The van der Waals surface area contributed by atoms with Crippen LogP contribution in [-0.2, 0) is 0 Å². The van der Waals surface area contributed by atoms with E-state index in [0.29, 0.717) is 5.92 Å². The normalized spacial score (nSPS) is 17.4. The highest BCUT2D eigenvalue weighted by Crippen LogP contribution is 2.16. The zero-order valence-corrected chi connectivity index (χ0v) is 12.6. The molecular formula is C13H29N5. The van der Waals surface area contributed by atoms with E-state index in [1.165, 1.54) is 10.7 Å². The first-order chi connectivity index (χ1) is 8.20. The van der Waals surface area contributed by atoms with Crippen molar-refractivity contribution >= 4 is 5.71 Å². The van der Waals surface area contributed by atoms with E-state index in [2.05, 4.69) is 31.2 Å². The van der Waals surface area contributed by atoms with Crippen LogP contribution in [0, 0.1) is 5.92 Å². The van der Waals surface area contributed by atoms with E-state index in [1.807, 2.05) is 20.0 Å². The van der Waals surface area contributed by atoms with Gasteiger partial charge in [-0.15, -0.1) is 0 Å². The van der Waals surface area contributed by atoms with Gasteiger partial charge in [0, 0.05) is 13.2 Å². The van der Waals surface area contributed by atoms with E-state index in [9.17, 15) is 0 Å². The molecule has 0 radical (unpaired) electrons. The Bertz CT molecular complexity index is 303. The molecule has 0 saturated heterocycles. The van der Waals surface area contributed by atoms with Crippen LogP contribution in [0.15, 0.2) is 16.8 Å². The molecule has 0 aromatic rings. The van der Waals surface area contributed by atoms with E-state index >= 15 is 0 Å². The molecule has 0 heterocycles. The highest BCUT2D eigenvalue weighted by Gasteiger charge is 2.22. The molecule has 0 rings (SSSR count). The van der Waals surface area contributed by atoms with Gasteiger partial charge in [-0.3, -0.25) is 10.8 Å². The average molecular weight is 255 g/mol. The lowest BCUT2D eigenvalue weighted by molar-refractivity contribution is 0.184. The molecule has 0 spiro atoms. The van der Waals surface area contributed by atoms with Gasteiger partial charge in [-0.2, -0.15) is 5.12 Å². The van der Waals surface area contributed by atoms with Gasteiger partial charge >= 0.3 is 0 Å². The van der Waals surface area contributed by atoms with Gasteiger partial charge < -0.3 is 5.73 Å². The zero-order valence-electron chi connectivity index (χ0n) is 12.6. The maximum Gasteiger partial charge on any atom is 0.117 e. The molecule has 18 heavy (non-hydrogen) atoms.